The molecule has 0 bridgehead atoms. The maximum absolute atomic E-state index is 14.4. The van der Waals surface area contributed by atoms with Gasteiger partial charge in [0, 0.05) is 13.1 Å². The van der Waals surface area contributed by atoms with Crippen LogP contribution in [0.3, 0.4) is 0 Å². The number of hydrogen-bond acceptors (Lipinski definition) is 4. The van der Waals surface area contributed by atoms with Crippen LogP contribution >= 0.6 is 11.3 Å². The number of rotatable bonds is 6. The minimum atomic E-state index is -3.81. The lowest BCUT2D eigenvalue weighted by atomic mass is 10.2. The summed E-state index contributed by atoms with van der Waals surface area (Å²) in [7, 11) is -3.81. The minimum absolute atomic E-state index is 0.293. The third-order valence-electron chi connectivity index (χ3n) is 4.01. The van der Waals surface area contributed by atoms with Gasteiger partial charge in [-0.15, -0.1) is 11.3 Å². The molecule has 0 fully saturated rings. The molecule has 3 rings (SSSR count). The zero-order valence-corrected chi connectivity index (χ0v) is 16.1. The fraction of sp³-hybridized carbons (Fsp3) is 0.211. The zero-order chi connectivity index (χ0) is 18.7. The van der Waals surface area contributed by atoms with Gasteiger partial charge < -0.3 is 0 Å². The molecule has 0 atom stereocenters. The topological polar surface area (TPSA) is 50.3 Å². The van der Waals surface area contributed by atoms with Crippen LogP contribution in [0.1, 0.15) is 24.4 Å². The standard InChI is InChI=1S/C19H19FN2O2S2/c1-3-22(4-2)26(23,24)18-11-9-14(13-15(18)20)10-12-19-21-16-7-5-6-8-17(16)25-19/h5-13H,3-4H2,1-2H3/b12-10+. The fourth-order valence-corrected chi connectivity index (χ4v) is 5.04. The average molecular weight is 391 g/mol. The maximum Gasteiger partial charge on any atom is 0.245 e. The van der Waals surface area contributed by atoms with Crippen LogP contribution in [0.25, 0.3) is 22.4 Å². The highest BCUT2D eigenvalue weighted by Gasteiger charge is 2.24. The molecule has 1 aromatic heterocycles. The number of sulfonamides is 1. The predicted octanol–water partition coefficient (Wildman–Crippen LogP) is 4.64. The Balaban J connectivity index is 1.87. The highest BCUT2D eigenvalue weighted by Crippen LogP contribution is 2.24. The molecule has 0 saturated carbocycles. The van der Waals surface area contributed by atoms with E-state index >= 15 is 0 Å². The lowest BCUT2D eigenvalue weighted by Crippen LogP contribution is -2.31. The number of hydrogen-bond donors (Lipinski definition) is 0. The van der Waals surface area contributed by atoms with Crippen LogP contribution in [0.2, 0.25) is 0 Å². The van der Waals surface area contributed by atoms with E-state index in [1.807, 2.05) is 24.3 Å². The van der Waals surface area contributed by atoms with Gasteiger partial charge in [0.05, 0.1) is 10.2 Å². The van der Waals surface area contributed by atoms with E-state index in [4.69, 9.17) is 0 Å². The molecule has 0 spiro atoms. The van der Waals surface area contributed by atoms with Crippen LogP contribution in [0.5, 0.6) is 0 Å². The second kappa shape index (κ2) is 7.65. The summed E-state index contributed by atoms with van der Waals surface area (Å²) in [5, 5.41) is 0.812. The normalized spacial score (nSPS) is 12.5. The van der Waals surface area contributed by atoms with Crippen LogP contribution in [-0.4, -0.2) is 30.8 Å². The van der Waals surface area contributed by atoms with Gasteiger partial charge in [-0.25, -0.2) is 17.8 Å². The summed E-state index contributed by atoms with van der Waals surface area (Å²) in [6.07, 6.45) is 3.53. The Labute approximate surface area is 156 Å². The summed E-state index contributed by atoms with van der Waals surface area (Å²) in [5.41, 5.74) is 1.50. The van der Waals surface area contributed by atoms with Crippen molar-refractivity contribution in [2.24, 2.45) is 0 Å². The number of aromatic nitrogens is 1. The van der Waals surface area contributed by atoms with Gasteiger partial charge in [0.1, 0.15) is 15.7 Å². The van der Waals surface area contributed by atoms with Crippen molar-refractivity contribution in [3.05, 3.63) is 58.9 Å². The van der Waals surface area contributed by atoms with E-state index in [1.54, 1.807) is 43.4 Å². The molecule has 1 heterocycles. The highest BCUT2D eigenvalue weighted by molar-refractivity contribution is 7.89. The van der Waals surface area contributed by atoms with Crippen LogP contribution in [0, 0.1) is 5.82 Å². The van der Waals surface area contributed by atoms with Crippen molar-refractivity contribution >= 4 is 43.7 Å². The molecule has 3 aromatic rings. The first kappa shape index (κ1) is 18.7. The van der Waals surface area contributed by atoms with E-state index in [1.165, 1.54) is 16.4 Å². The van der Waals surface area contributed by atoms with Gasteiger partial charge in [0.15, 0.2) is 0 Å². The molecule has 2 aromatic carbocycles. The van der Waals surface area contributed by atoms with Crippen LogP contribution in [0.15, 0.2) is 47.4 Å². The Bertz CT molecular complexity index is 1020. The van der Waals surface area contributed by atoms with Crippen molar-refractivity contribution in [1.29, 1.82) is 0 Å². The molecule has 136 valence electrons. The first-order valence-corrected chi connectivity index (χ1v) is 10.5. The monoisotopic (exact) mass is 390 g/mol. The Morgan fingerprint density at radius 1 is 1.12 bits per heavy atom. The lowest BCUT2D eigenvalue weighted by Gasteiger charge is -2.18. The molecule has 4 nitrogen and oxygen atoms in total. The molecule has 0 amide bonds. The predicted molar refractivity (Wildman–Crippen MR) is 105 cm³/mol. The molecule has 0 radical (unpaired) electrons. The summed E-state index contributed by atoms with van der Waals surface area (Å²) >= 11 is 1.54. The first-order valence-electron chi connectivity index (χ1n) is 8.29. The van der Waals surface area contributed by atoms with Crippen LogP contribution < -0.4 is 0 Å². The second-order valence-corrected chi connectivity index (χ2v) is 8.60. The zero-order valence-electron chi connectivity index (χ0n) is 14.5. The number of thiazole rings is 1. The number of fused-ring (bicyclic) bond motifs is 1. The van der Waals surface area contributed by atoms with Gasteiger partial charge in [-0.3, -0.25) is 0 Å². The molecule has 0 saturated heterocycles. The number of nitrogens with zero attached hydrogens (tertiary/aromatic N) is 2. The lowest BCUT2D eigenvalue weighted by molar-refractivity contribution is 0.440. The van der Waals surface area contributed by atoms with Crippen molar-refractivity contribution in [2.75, 3.05) is 13.1 Å². The Kier molecular flexibility index (Phi) is 5.50. The third kappa shape index (κ3) is 3.70. The van der Waals surface area contributed by atoms with Crippen molar-refractivity contribution in [1.82, 2.24) is 9.29 Å². The largest absolute Gasteiger partial charge is 0.245 e. The summed E-state index contributed by atoms with van der Waals surface area (Å²) in [6, 6.07) is 12.0. The molecule has 0 aliphatic rings. The van der Waals surface area contributed by atoms with Crippen LogP contribution in [-0.2, 0) is 10.0 Å². The first-order chi connectivity index (χ1) is 12.5. The van der Waals surface area contributed by atoms with E-state index in [-0.39, 0.29) is 4.90 Å². The van der Waals surface area contributed by atoms with E-state index in [2.05, 4.69) is 4.98 Å². The third-order valence-corrected chi connectivity index (χ3v) is 7.09. The highest BCUT2D eigenvalue weighted by atomic mass is 32.2. The van der Waals surface area contributed by atoms with Crippen molar-refractivity contribution in [2.45, 2.75) is 18.7 Å². The molecule has 0 aliphatic carbocycles. The molecule has 0 aliphatic heterocycles. The van der Waals surface area contributed by atoms with Gasteiger partial charge >= 0.3 is 0 Å². The quantitative estimate of drug-likeness (QED) is 0.616. The van der Waals surface area contributed by atoms with E-state index < -0.39 is 15.8 Å². The Hall–Kier alpha value is -2.09. The van der Waals surface area contributed by atoms with Gasteiger partial charge in [-0.1, -0.05) is 38.1 Å². The molecular formula is C19H19FN2O2S2. The van der Waals surface area contributed by atoms with Crippen molar-refractivity contribution in [3.63, 3.8) is 0 Å². The average Bonchev–Trinajstić information content (AvgIpc) is 3.03. The Morgan fingerprint density at radius 2 is 1.85 bits per heavy atom. The summed E-state index contributed by atoms with van der Waals surface area (Å²) in [6.45, 7) is 4.07. The van der Waals surface area contributed by atoms with Gasteiger partial charge in [0.25, 0.3) is 0 Å². The second-order valence-electron chi connectivity index (χ2n) is 5.63. The molecule has 7 heteroatoms. The van der Waals surface area contributed by atoms with Gasteiger partial charge in [-0.2, -0.15) is 4.31 Å². The number of para-hydroxylation sites is 1. The van der Waals surface area contributed by atoms with Crippen molar-refractivity contribution < 1.29 is 12.8 Å². The van der Waals surface area contributed by atoms with Crippen LogP contribution in [0.4, 0.5) is 4.39 Å². The summed E-state index contributed by atoms with van der Waals surface area (Å²) in [5.74, 6) is -0.747. The minimum Gasteiger partial charge on any atom is -0.237 e. The number of halogens is 1. The molecule has 0 N–H and O–H groups in total. The number of benzene rings is 2. The smallest absolute Gasteiger partial charge is 0.237 e. The SMILES string of the molecule is CCN(CC)S(=O)(=O)c1ccc(/C=C/c2nc3ccccc3s2)cc1F. The summed E-state index contributed by atoms with van der Waals surface area (Å²) < 4.78 is 41.7. The van der Waals surface area contributed by atoms with E-state index in [0.29, 0.717) is 18.7 Å². The van der Waals surface area contributed by atoms with Gasteiger partial charge in [-0.05, 0) is 35.9 Å². The maximum atomic E-state index is 14.4. The Morgan fingerprint density at radius 3 is 2.50 bits per heavy atom. The van der Waals surface area contributed by atoms with Gasteiger partial charge in [0.2, 0.25) is 10.0 Å². The van der Waals surface area contributed by atoms with E-state index in [9.17, 15) is 12.8 Å². The summed E-state index contributed by atoms with van der Waals surface area (Å²) in [4.78, 5) is 4.19. The molecule has 26 heavy (non-hydrogen) atoms. The fourth-order valence-electron chi connectivity index (χ4n) is 2.66. The molecular weight excluding hydrogens is 371 g/mol. The molecule has 0 unspecified atom stereocenters. The van der Waals surface area contributed by atoms with Crippen molar-refractivity contribution in [3.8, 4) is 0 Å². The van der Waals surface area contributed by atoms with E-state index in [0.717, 1.165) is 15.2 Å².